The van der Waals surface area contributed by atoms with E-state index in [0.717, 1.165) is 0 Å². The summed E-state index contributed by atoms with van der Waals surface area (Å²) in [6.07, 6.45) is 2.58. The Bertz CT molecular complexity index is 607. The average molecular weight is 247 g/mol. The van der Waals surface area contributed by atoms with E-state index in [1.54, 1.807) is 6.92 Å². The van der Waals surface area contributed by atoms with E-state index in [0.29, 0.717) is 5.82 Å². The smallest absolute Gasteiger partial charge is 0.337 e. The molecule has 0 aromatic carbocycles. The molecule has 0 aliphatic rings. The Hall–Kier alpha value is -2.77. The molecular weight excluding hydrogens is 238 g/mol. The minimum absolute atomic E-state index is 0.0504. The molecule has 0 saturated carbocycles. The van der Waals surface area contributed by atoms with Gasteiger partial charge < -0.3 is 10.4 Å². The minimum atomic E-state index is -1.15. The van der Waals surface area contributed by atoms with Crippen molar-refractivity contribution in [2.45, 2.75) is 6.92 Å². The number of aryl methyl sites for hydroxylation is 1. The highest BCUT2D eigenvalue weighted by Crippen LogP contribution is 2.13. The molecule has 3 N–H and O–H groups in total. The van der Waals surface area contributed by atoms with Crippen LogP contribution in [0.2, 0.25) is 0 Å². The molecule has 2 aromatic rings. The molecule has 0 fully saturated rings. The number of nitrogens with zero attached hydrogens (tertiary/aromatic N) is 3. The maximum absolute atomic E-state index is 11.7. The van der Waals surface area contributed by atoms with Crippen molar-refractivity contribution >= 4 is 17.6 Å². The zero-order valence-electron chi connectivity index (χ0n) is 9.34. The number of aromatic nitrogens is 4. The lowest BCUT2D eigenvalue weighted by Gasteiger charge is -2.05. The molecule has 2 heterocycles. The number of hydrogen-bond acceptors (Lipinski definition) is 5. The molecule has 2 aromatic heterocycles. The average Bonchev–Trinajstić information content (AvgIpc) is 2.76. The summed E-state index contributed by atoms with van der Waals surface area (Å²) < 4.78 is 0. The maximum Gasteiger partial charge on any atom is 0.337 e. The topological polar surface area (TPSA) is 121 Å². The lowest BCUT2D eigenvalue weighted by Crippen LogP contribution is -2.16. The molecule has 2 rings (SSSR count). The SMILES string of the molecule is Cc1nc(C(=O)Nc2cnccc2C(=O)O)n[nH]1. The standard InChI is InChI=1S/C10H9N5O3/c1-5-12-8(15-14-5)9(16)13-7-4-11-3-2-6(7)10(17)18/h2-4H,1H3,(H,13,16)(H,17,18)(H,12,14,15). The van der Waals surface area contributed by atoms with E-state index >= 15 is 0 Å². The molecule has 0 spiro atoms. The van der Waals surface area contributed by atoms with Crippen molar-refractivity contribution in [2.24, 2.45) is 0 Å². The second kappa shape index (κ2) is 4.62. The summed E-state index contributed by atoms with van der Waals surface area (Å²) in [5.74, 6) is -1.33. The number of aromatic amines is 1. The molecule has 0 bridgehead atoms. The third kappa shape index (κ3) is 2.32. The molecule has 0 aliphatic carbocycles. The lowest BCUT2D eigenvalue weighted by molar-refractivity contribution is 0.0698. The number of nitrogens with one attached hydrogen (secondary N) is 2. The summed E-state index contributed by atoms with van der Waals surface area (Å²) in [5.41, 5.74) is 0.0445. The first-order valence-electron chi connectivity index (χ1n) is 4.95. The second-order valence-electron chi connectivity index (χ2n) is 3.42. The minimum Gasteiger partial charge on any atom is -0.478 e. The predicted octanol–water partition coefficient (Wildman–Crippen LogP) is 0.459. The molecule has 0 atom stereocenters. The van der Waals surface area contributed by atoms with Crippen LogP contribution in [0.15, 0.2) is 18.5 Å². The van der Waals surface area contributed by atoms with Gasteiger partial charge in [0.1, 0.15) is 5.82 Å². The first-order valence-corrected chi connectivity index (χ1v) is 4.95. The van der Waals surface area contributed by atoms with E-state index < -0.39 is 11.9 Å². The zero-order valence-corrected chi connectivity index (χ0v) is 9.34. The van der Waals surface area contributed by atoms with Crippen molar-refractivity contribution in [2.75, 3.05) is 5.32 Å². The fourth-order valence-corrected chi connectivity index (χ4v) is 1.30. The van der Waals surface area contributed by atoms with E-state index in [2.05, 4.69) is 25.5 Å². The van der Waals surface area contributed by atoms with Gasteiger partial charge in [-0.2, -0.15) is 0 Å². The van der Waals surface area contributed by atoms with Crippen LogP contribution in [0.25, 0.3) is 0 Å². The van der Waals surface area contributed by atoms with E-state index in [1.807, 2.05) is 0 Å². The van der Waals surface area contributed by atoms with Crippen LogP contribution in [0.5, 0.6) is 0 Å². The summed E-state index contributed by atoms with van der Waals surface area (Å²) in [5, 5.41) is 17.5. The Labute approximate surface area is 101 Å². The number of aromatic carboxylic acids is 1. The predicted molar refractivity (Wildman–Crippen MR) is 60.3 cm³/mol. The van der Waals surface area contributed by atoms with Crippen LogP contribution in [0.3, 0.4) is 0 Å². The number of rotatable bonds is 3. The van der Waals surface area contributed by atoms with E-state index in [1.165, 1.54) is 18.5 Å². The van der Waals surface area contributed by atoms with Gasteiger partial charge in [0, 0.05) is 6.20 Å². The van der Waals surface area contributed by atoms with Gasteiger partial charge in [0.25, 0.3) is 5.91 Å². The molecule has 0 aliphatic heterocycles. The van der Waals surface area contributed by atoms with Gasteiger partial charge >= 0.3 is 5.97 Å². The molecule has 0 unspecified atom stereocenters. The van der Waals surface area contributed by atoms with Crippen LogP contribution in [-0.4, -0.2) is 37.1 Å². The van der Waals surface area contributed by atoms with Gasteiger partial charge in [-0.05, 0) is 13.0 Å². The van der Waals surface area contributed by atoms with Gasteiger partial charge in [-0.15, -0.1) is 5.10 Å². The highest BCUT2D eigenvalue weighted by Gasteiger charge is 2.16. The van der Waals surface area contributed by atoms with E-state index in [-0.39, 0.29) is 17.1 Å². The molecule has 1 amide bonds. The number of amides is 1. The molecule has 8 heteroatoms. The Balaban J connectivity index is 2.24. The number of carbonyl (C=O) groups is 2. The monoisotopic (exact) mass is 247 g/mol. The molecule has 92 valence electrons. The number of H-pyrrole nitrogens is 1. The number of carbonyl (C=O) groups excluding carboxylic acids is 1. The van der Waals surface area contributed by atoms with Crippen molar-refractivity contribution in [3.8, 4) is 0 Å². The van der Waals surface area contributed by atoms with Gasteiger partial charge in [-0.3, -0.25) is 14.9 Å². The normalized spacial score (nSPS) is 10.1. The third-order valence-corrected chi connectivity index (χ3v) is 2.10. The molecule has 0 saturated heterocycles. The van der Waals surface area contributed by atoms with Crippen LogP contribution in [0.4, 0.5) is 5.69 Å². The molecule has 18 heavy (non-hydrogen) atoms. The molecular formula is C10H9N5O3. The molecule has 0 radical (unpaired) electrons. The Kier molecular flexibility index (Phi) is 3.00. The Morgan fingerprint density at radius 1 is 1.44 bits per heavy atom. The van der Waals surface area contributed by atoms with E-state index in [9.17, 15) is 9.59 Å². The fraction of sp³-hybridized carbons (Fsp3) is 0.100. The summed E-state index contributed by atoms with van der Waals surface area (Å²) in [6, 6.07) is 1.29. The van der Waals surface area contributed by atoms with Crippen LogP contribution < -0.4 is 5.32 Å². The van der Waals surface area contributed by atoms with Crippen LogP contribution >= 0.6 is 0 Å². The van der Waals surface area contributed by atoms with Crippen molar-refractivity contribution in [1.29, 1.82) is 0 Å². The van der Waals surface area contributed by atoms with Gasteiger partial charge in [-0.1, -0.05) is 0 Å². The number of hydrogen-bond donors (Lipinski definition) is 3. The Morgan fingerprint density at radius 2 is 2.22 bits per heavy atom. The number of carboxylic acids is 1. The first-order chi connectivity index (χ1) is 8.58. The summed E-state index contributed by atoms with van der Waals surface area (Å²) in [4.78, 5) is 30.2. The largest absolute Gasteiger partial charge is 0.478 e. The van der Waals surface area contributed by atoms with Crippen molar-refractivity contribution < 1.29 is 14.7 Å². The summed E-state index contributed by atoms with van der Waals surface area (Å²) in [6.45, 7) is 1.65. The van der Waals surface area contributed by atoms with Crippen molar-refractivity contribution in [1.82, 2.24) is 20.2 Å². The lowest BCUT2D eigenvalue weighted by atomic mass is 10.2. The van der Waals surface area contributed by atoms with Crippen LogP contribution in [0.1, 0.15) is 26.8 Å². The Morgan fingerprint density at radius 3 is 2.83 bits per heavy atom. The van der Waals surface area contributed by atoms with Gasteiger partial charge in [-0.25, -0.2) is 9.78 Å². The fourth-order valence-electron chi connectivity index (χ4n) is 1.30. The highest BCUT2D eigenvalue weighted by molar-refractivity contribution is 6.05. The number of carboxylic acid groups (broad SMARTS) is 1. The maximum atomic E-state index is 11.7. The van der Waals surface area contributed by atoms with Gasteiger partial charge in [0.15, 0.2) is 0 Å². The highest BCUT2D eigenvalue weighted by atomic mass is 16.4. The quantitative estimate of drug-likeness (QED) is 0.724. The van der Waals surface area contributed by atoms with Crippen LogP contribution in [-0.2, 0) is 0 Å². The number of anilines is 1. The summed E-state index contributed by atoms with van der Waals surface area (Å²) in [7, 11) is 0. The number of pyridine rings is 1. The second-order valence-corrected chi connectivity index (χ2v) is 3.42. The van der Waals surface area contributed by atoms with E-state index in [4.69, 9.17) is 5.11 Å². The van der Waals surface area contributed by atoms with Gasteiger partial charge in [0.2, 0.25) is 5.82 Å². The van der Waals surface area contributed by atoms with Gasteiger partial charge in [0.05, 0.1) is 17.4 Å². The first kappa shape index (κ1) is 11.7. The van der Waals surface area contributed by atoms with Crippen molar-refractivity contribution in [3.63, 3.8) is 0 Å². The summed E-state index contributed by atoms with van der Waals surface area (Å²) >= 11 is 0. The third-order valence-electron chi connectivity index (χ3n) is 2.10. The molecule has 8 nitrogen and oxygen atoms in total. The van der Waals surface area contributed by atoms with Crippen molar-refractivity contribution in [3.05, 3.63) is 35.7 Å². The van der Waals surface area contributed by atoms with Crippen LogP contribution in [0, 0.1) is 6.92 Å². The zero-order chi connectivity index (χ0) is 13.1.